The van der Waals surface area contributed by atoms with Crippen LogP contribution in [0.15, 0.2) is 29.2 Å². The highest BCUT2D eigenvalue weighted by Gasteiger charge is 2.15. The molecule has 1 N–H and O–H groups in total. The molecular formula is C8H10O3S3. The standard InChI is InChI=1S/C8H10O3S3/c9-14(10,11)7-4-2-1-3-6(7)5-8(12)13/h1-4,8,12-13H,5H2,(H,9,10,11). The van der Waals surface area contributed by atoms with Crippen LogP contribution in [-0.2, 0) is 16.5 Å². The molecular weight excluding hydrogens is 240 g/mol. The van der Waals surface area contributed by atoms with E-state index in [1.165, 1.54) is 6.07 Å². The zero-order chi connectivity index (χ0) is 10.8. The van der Waals surface area contributed by atoms with Crippen molar-refractivity contribution in [2.24, 2.45) is 0 Å². The van der Waals surface area contributed by atoms with E-state index in [0.29, 0.717) is 12.0 Å². The Balaban J connectivity index is 3.17. The first kappa shape index (κ1) is 11.9. The molecule has 6 heteroatoms. The molecule has 0 unspecified atom stereocenters. The van der Waals surface area contributed by atoms with Crippen LogP contribution in [0.5, 0.6) is 0 Å². The van der Waals surface area contributed by atoms with E-state index in [9.17, 15) is 8.42 Å². The molecule has 3 nitrogen and oxygen atoms in total. The van der Waals surface area contributed by atoms with Gasteiger partial charge in [-0.2, -0.15) is 33.7 Å². The van der Waals surface area contributed by atoms with Crippen molar-refractivity contribution in [2.45, 2.75) is 15.9 Å². The van der Waals surface area contributed by atoms with Crippen molar-refractivity contribution in [1.29, 1.82) is 0 Å². The second-order valence-corrected chi connectivity index (χ2v) is 5.81. The molecule has 14 heavy (non-hydrogen) atoms. The minimum Gasteiger partial charge on any atom is -0.282 e. The largest absolute Gasteiger partial charge is 0.294 e. The van der Waals surface area contributed by atoms with Crippen LogP contribution in [0.1, 0.15) is 5.56 Å². The molecule has 0 aliphatic rings. The Morgan fingerprint density at radius 2 is 1.86 bits per heavy atom. The van der Waals surface area contributed by atoms with E-state index in [2.05, 4.69) is 25.3 Å². The lowest BCUT2D eigenvalue weighted by molar-refractivity contribution is 0.482. The van der Waals surface area contributed by atoms with Gasteiger partial charge in [-0.25, -0.2) is 0 Å². The second-order valence-electron chi connectivity index (χ2n) is 2.77. The molecule has 0 bridgehead atoms. The fraction of sp³-hybridized carbons (Fsp3) is 0.250. The molecule has 0 aliphatic heterocycles. The molecule has 0 saturated carbocycles. The van der Waals surface area contributed by atoms with Gasteiger partial charge in [0, 0.05) is 4.58 Å². The van der Waals surface area contributed by atoms with E-state index in [1.54, 1.807) is 18.2 Å². The van der Waals surface area contributed by atoms with Gasteiger partial charge in [-0.15, -0.1) is 0 Å². The highest BCUT2D eigenvalue weighted by atomic mass is 32.2. The van der Waals surface area contributed by atoms with Gasteiger partial charge in [0.1, 0.15) is 0 Å². The Kier molecular flexibility index (Phi) is 3.88. The summed E-state index contributed by atoms with van der Waals surface area (Å²) >= 11 is 8.08. The molecule has 1 aromatic carbocycles. The van der Waals surface area contributed by atoms with Gasteiger partial charge in [-0.1, -0.05) is 18.2 Å². The summed E-state index contributed by atoms with van der Waals surface area (Å²) in [5.74, 6) is 0. The average molecular weight is 250 g/mol. The van der Waals surface area contributed by atoms with E-state index in [-0.39, 0.29) is 9.48 Å². The Morgan fingerprint density at radius 1 is 1.29 bits per heavy atom. The van der Waals surface area contributed by atoms with Crippen molar-refractivity contribution >= 4 is 35.4 Å². The third-order valence-electron chi connectivity index (χ3n) is 1.65. The van der Waals surface area contributed by atoms with Crippen molar-refractivity contribution in [3.63, 3.8) is 0 Å². The molecule has 0 atom stereocenters. The summed E-state index contributed by atoms with van der Waals surface area (Å²) in [7, 11) is -4.15. The second kappa shape index (κ2) is 4.57. The molecule has 0 aliphatic carbocycles. The Labute approximate surface area is 94.1 Å². The summed E-state index contributed by atoms with van der Waals surface area (Å²) in [4.78, 5) is -0.0758. The minimum absolute atomic E-state index is 0.0758. The van der Waals surface area contributed by atoms with Crippen LogP contribution in [-0.4, -0.2) is 17.6 Å². The smallest absolute Gasteiger partial charge is 0.282 e. The van der Waals surface area contributed by atoms with Crippen molar-refractivity contribution in [3.05, 3.63) is 29.8 Å². The van der Waals surface area contributed by atoms with Gasteiger partial charge < -0.3 is 0 Å². The topological polar surface area (TPSA) is 54.4 Å². The molecule has 78 valence electrons. The number of thiol groups is 2. The zero-order valence-electron chi connectivity index (χ0n) is 7.16. The van der Waals surface area contributed by atoms with Crippen molar-refractivity contribution in [1.82, 2.24) is 0 Å². The first-order valence-corrected chi connectivity index (χ1v) is 6.30. The predicted molar refractivity (Wildman–Crippen MR) is 61.7 cm³/mol. The monoisotopic (exact) mass is 250 g/mol. The fourth-order valence-corrected chi connectivity index (χ4v) is 2.25. The Morgan fingerprint density at radius 3 is 2.36 bits per heavy atom. The maximum absolute atomic E-state index is 10.9. The van der Waals surface area contributed by atoms with Crippen LogP contribution in [0.25, 0.3) is 0 Å². The molecule has 1 aromatic rings. The maximum atomic E-state index is 10.9. The van der Waals surface area contributed by atoms with Crippen molar-refractivity contribution in [2.75, 3.05) is 0 Å². The van der Waals surface area contributed by atoms with Crippen LogP contribution >= 0.6 is 25.3 Å². The summed E-state index contributed by atoms with van der Waals surface area (Å²) in [5, 5.41) is 0. The number of hydrogen-bond donors (Lipinski definition) is 3. The van der Waals surface area contributed by atoms with E-state index in [4.69, 9.17) is 4.55 Å². The molecule has 0 heterocycles. The third kappa shape index (κ3) is 3.20. The highest BCUT2D eigenvalue weighted by Crippen LogP contribution is 2.19. The summed E-state index contributed by atoms with van der Waals surface area (Å²) in [6.07, 6.45) is 0.377. The van der Waals surface area contributed by atoms with Gasteiger partial charge >= 0.3 is 0 Å². The average Bonchev–Trinajstić information content (AvgIpc) is 2.01. The fourth-order valence-electron chi connectivity index (χ4n) is 1.12. The van der Waals surface area contributed by atoms with E-state index in [1.807, 2.05) is 0 Å². The lowest BCUT2D eigenvalue weighted by Crippen LogP contribution is -2.05. The van der Waals surface area contributed by atoms with Gasteiger partial charge in [0.05, 0.1) is 4.90 Å². The normalized spacial score (nSPS) is 12.0. The van der Waals surface area contributed by atoms with Gasteiger partial charge in [-0.05, 0) is 18.1 Å². The Bertz CT molecular complexity index is 412. The van der Waals surface area contributed by atoms with E-state index < -0.39 is 10.1 Å². The van der Waals surface area contributed by atoms with E-state index >= 15 is 0 Å². The molecule has 0 amide bonds. The molecule has 0 fully saturated rings. The van der Waals surface area contributed by atoms with Gasteiger partial charge in [0.15, 0.2) is 0 Å². The Hall–Kier alpha value is -0.170. The van der Waals surface area contributed by atoms with Crippen LogP contribution in [0.2, 0.25) is 0 Å². The number of hydrogen-bond acceptors (Lipinski definition) is 4. The maximum Gasteiger partial charge on any atom is 0.294 e. The highest BCUT2D eigenvalue weighted by molar-refractivity contribution is 7.99. The van der Waals surface area contributed by atoms with Crippen molar-refractivity contribution in [3.8, 4) is 0 Å². The summed E-state index contributed by atoms with van der Waals surface area (Å²) in [6, 6.07) is 6.24. The SMILES string of the molecule is O=S(=O)(O)c1ccccc1CC(S)S. The zero-order valence-corrected chi connectivity index (χ0v) is 9.77. The van der Waals surface area contributed by atoms with Crippen LogP contribution in [0.4, 0.5) is 0 Å². The molecule has 0 saturated heterocycles. The quantitative estimate of drug-likeness (QED) is 0.434. The molecule has 1 rings (SSSR count). The third-order valence-corrected chi connectivity index (χ3v) is 2.97. The summed E-state index contributed by atoms with van der Waals surface area (Å²) in [6.45, 7) is 0. The first-order chi connectivity index (χ1) is 6.41. The predicted octanol–water partition coefficient (Wildman–Crippen LogP) is 1.66. The van der Waals surface area contributed by atoms with Gasteiger partial charge in [0.2, 0.25) is 0 Å². The lowest BCUT2D eigenvalue weighted by atomic mass is 10.2. The van der Waals surface area contributed by atoms with E-state index in [0.717, 1.165) is 0 Å². The molecule has 0 aromatic heterocycles. The summed E-state index contributed by atoms with van der Waals surface area (Å²) < 4.78 is 30.5. The van der Waals surface area contributed by atoms with Crippen LogP contribution < -0.4 is 0 Å². The molecule has 0 spiro atoms. The lowest BCUT2D eigenvalue weighted by Gasteiger charge is -2.07. The van der Waals surface area contributed by atoms with Gasteiger partial charge in [0.25, 0.3) is 10.1 Å². The van der Waals surface area contributed by atoms with Crippen LogP contribution in [0.3, 0.4) is 0 Å². The van der Waals surface area contributed by atoms with Gasteiger partial charge in [-0.3, -0.25) is 4.55 Å². The van der Waals surface area contributed by atoms with Crippen molar-refractivity contribution < 1.29 is 13.0 Å². The number of rotatable bonds is 3. The number of benzene rings is 1. The van der Waals surface area contributed by atoms with Crippen LogP contribution in [0, 0.1) is 0 Å². The minimum atomic E-state index is -4.15. The first-order valence-electron chi connectivity index (χ1n) is 3.83. The molecule has 0 radical (unpaired) electrons. The summed E-state index contributed by atoms with van der Waals surface area (Å²) in [5.41, 5.74) is 0.519.